The maximum atomic E-state index is 13.9. The van der Waals surface area contributed by atoms with E-state index in [1.54, 1.807) is 20.0 Å². The molecule has 1 aromatic carbocycles. The fourth-order valence-corrected chi connectivity index (χ4v) is 2.87. The highest BCUT2D eigenvalue weighted by molar-refractivity contribution is 6.23. The summed E-state index contributed by atoms with van der Waals surface area (Å²) in [6, 6.07) is 5.71. The molecule has 2 N–H and O–H groups in total. The Labute approximate surface area is 126 Å². The van der Waals surface area contributed by atoms with Gasteiger partial charge in [0.05, 0.1) is 17.3 Å². The lowest BCUT2D eigenvalue weighted by Gasteiger charge is -2.15. The van der Waals surface area contributed by atoms with Gasteiger partial charge in [-0.3, -0.25) is 14.3 Å². The number of rotatable bonds is 2. The van der Waals surface area contributed by atoms with Gasteiger partial charge >= 0.3 is 0 Å². The van der Waals surface area contributed by atoms with Gasteiger partial charge in [0.2, 0.25) is 11.8 Å². The van der Waals surface area contributed by atoms with Crippen LogP contribution in [0, 0.1) is 12.7 Å². The van der Waals surface area contributed by atoms with E-state index in [0.29, 0.717) is 17.1 Å². The van der Waals surface area contributed by atoms with Crippen LogP contribution in [0.3, 0.4) is 0 Å². The molecule has 0 radical (unpaired) electrons. The number of anilines is 2. The maximum absolute atomic E-state index is 13.9. The summed E-state index contributed by atoms with van der Waals surface area (Å²) < 4.78 is 15.4. The summed E-state index contributed by atoms with van der Waals surface area (Å²) in [4.78, 5) is 25.7. The SMILES string of the molecule is Cc1nn(C)c(N)c1[C@@H]1CC(=O)N(c2ccccc2F)C1=O. The van der Waals surface area contributed by atoms with Crippen LogP contribution >= 0.6 is 0 Å². The second kappa shape index (κ2) is 4.94. The molecule has 1 saturated heterocycles. The average Bonchev–Trinajstić information content (AvgIpc) is 2.88. The quantitative estimate of drug-likeness (QED) is 0.852. The number of nitrogens with two attached hydrogens (primary N) is 1. The Bertz CT molecular complexity index is 784. The van der Waals surface area contributed by atoms with Gasteiger partial charge in [0.15, 0.2) is 0 Å². The van der Waals surface area contributed by atoms with Gasteiger partial charge in [-0.25, -0.2) is 9.29 Å². The Balaban J connectivity index is 2.04. The lowest BCUT2D eigenvalue weighted by atomic mass is 9.97. The summed E-state index contributed by atoms with van der Waals surface area (Å²) >= 11 is 0. The van der Waals surface area contributed by atoms with Crippen LogP contribution in [0.4, 0.5) is 15.9 Å². The molecule has 114 valence electrons. The van der Waals surface area contributed by atoms with Crippen LogP contribution in [-0.4, -0.2) is 21.6 Å². The smallest absolute Gasteiger partial charge is 0.242 e. The maximum Gasteiger partial charge on any atom is 0.242 e. The molecule has 2 aromatic rings. The first-order chi connectivity index (χ1) is 10.4. The van der Waals surface area contributed by atoms with E-state index in [-0.39, 0.29) is 12.1 Å². The van der Waals surface area contributed by atoms with Crippen molar-refractivity contribution >= 4 is 23.3 Å². The van der Waals surface area contributed by atoms with Crippen molar-refractivity contribution in [2.75, 3.05) is 10.6 Å². The third-order valence-electron chi connectivity index (χ3n) is 3.90. The number of carbonyl (C=O) groups excluding carboxylic acids is 2. The molecule has 0 saturated carbocycles. The Hall–Kier alpha value is -2.70. The highest BCUT2D eigenvalue weighted by Crippen LogP contribution is 2.37. The summed E-state index contributed by atoms with van der Waals surface area (Å²) in [5, 5.41) is 4.17. The minimum atomic E-state index is -0.721. The third-order valence-corrected chi connectivity index (χ3v) is 3.90. The first kappa shape index (κ1) is 14.2. The molecule has 0 unspecified atom stereocenters. The van der Waals surface area contributed by atoms with Crippen molar-refractivity contribution in [3.05, 3.63) is 41.3 Å². The van der Waals surface area contributed by atoms with Crippen LogP contribution in [0.2, 0.25) is 0 Å². The van der Waals surface area contributed by atoms with Gasteiger partial charge < -0.3 is 5.73 Å². The molecule has 2 heterocycles. The molecular weight excluding hydrogens is 287 g/mol. The van der Waals surface area contributed by atoms with E-state index in [9.17, 15) is 14.0 Å². The van der Waals surface area contributed by atoms with E-state index in [4.69, 9.17) is 5.73 Å². The van der Waals surface area contributed by atoms with Crippen LogP contribution in [0.5, 0.6) is 0 Å². The molecule has 1 aliphatic heterocycles. The number of aryl methyl sites for hydroxylation is 2. The highest BCUT2D eigenvalue weighted by Gasteiger charge is 2.43. The zero-order chi connectivity index (χ0) is 16.0. The van der Waals surface area contributed by atoms with Crippen LogP contribution in [-0.2, 0) is 16.6 Å². The molecule has 6 nitrogen and oxygen atoms in total. The molecule has 3 rings (SSSR count). The third kappa shape index (κ3) is 1.97. The second-order valence-electron chi connectivity index (χ2n) is 5.28. The molecule has 0 spiro atoms. The monoisotopic (exact) mass is 302 g/mol. The van der Waals surface area contributed by atoms with Gasteiger partial charge in [0, 0.05) is 19.0 Å². The van der Waals surface area contributed by atoms with Gasteiger partial charge in [-0.05, 0) is 19.1 Å². The van der Waals surface area contributed by atoms with Crippen LogP contribution < -0.4 is 10.6 Å². The molecule has 1 aromatic heterocycles. The number of hydrogen-bond donors (Lipinski definition) is 1. The van der Waals surface area contributed by atoms with Gasteiger partial charge in [-0.1, -0.05) is 12.1 Å². The molecule has 0 bridgehead atoms. The first-order valence-electron chi connectivity index (χ1n) is 6.82. The predicted octanol–water partition coefficient (Wildman–Crippen LogP) is 1.50. The van der Waals surface area contributed by atoms with E-state index < -0.39 is 23.5 Å². The van der Waals surface area contributed by atoms with E-state index in [2.05, 4.69) is 5.10 Å². The molecule has 1 aliphatic rings. The van der Waals surface area contributed by atoms with E-state index in [1.807, 2.05) is 0 Å². The van der Waals surface area contributed by atoms with Gasteiger partial charge in [0.25, 0.3) is 0 Å². The standard InChI is InChI=1S/C15H15FN4O2/c1-8-13(14(17)19(2)18-8)9-7-12(21)20(15(9)22)11-6-4-3-5-10(11)16/h3-6,9H,7,17H2,1-2H3/t9-/m0/s1. The number of carbonyl (C=O) groups is 2. The zero-order valence-electron chi connectivity index (χ0n) is 12.2. The van der Waals surface area contributed by atoms with Gasteiger partial charge in [-0.15, -0.1) is 0 Å². The summed E-state index contributed by atoms with van der Waals surface area (Å²) in [6.45, 7) is 1.73. The van der Waals surface area contributed by atoms with Gasteiger partial charge in [-0.2, -0.15) is 5.10 Å². The van der Waals surface area contributed by atoms with Crippen LogP contribution in [0.25, 0.3) is 0 Å². The molecule has 0 aliphatic carbocycles. The second-order valence-corrected chi connectivity index (χ2v) is 5.28. The largest absolute Gasteiger partial charge is 0.384 e. The molecular formula is C15H15FN4O2. The molecule has 22 heavy (non-hydrogen) atoms. The highest BCUT2D eigenvalue weighted by atomic mass is 19.1. The summed E-state index contributed by atoms with van der Waals surface area (Å²) in [7, 11) is 1.67. The fraction of sp³-hybridized carbons (Fsp3) is 0.267. The number of para-hydroxylation sites is 1. The summed E-state index contributed by atoms with van der Waals surface area (Å²) in [5.74, 6) is -1.90. The Kier molecular flexibility index (Phi) is 3.20. The summed E-state index contributed by atoms with van der Waals surface area (Å²) in [6.07, 6.45) is -0.0378. The minimum absolute atomic E-state index is 0.0277. The fourth-order valence-electron chi connectivity index (χ4n) is 2.87. The number of nitrogen functional groups attached to an aromatic ring is 1. The summed E-state index contributed by atoms with van der Waals surface area (Å²) in [5.41, 5.74) is 7.06. The number of halogens is 1. The van der Waals surface area contributed by atoms with Crippen LogP contribution in [0.15, 0.2) is 24.3 Å². The van der Waals surface area contributed by atoms with E-state index in [1.165, 1.54) is 22.9 Å². The Morgan fingerprint density at radius 3 is 2.59 bits per heavy atom. The van der Waals surface area contributed by atoms with E-state index in [0.717, 1.165) is 4.90 Å². The average molecular weight is 302 g/mol. The minimum Gasteiger partial charge on any atom is -0.384 e. The van der Waals surface area contributed by atoms with Crippen molar-refractivity contribution < 1.29 is 14.0 Å². The van der Waals surface area contributed by atoms with E-state index >= 15 is 0 Å². The van der Waals surface area contributed by atoms with Crippen LogP contribution in [0.1, 0.15) is 23.6 Å². The molecule has 1 fully saturated rings. The van der Waals surface area contributed by atoms with Crippen molar-refractivity contribution in [3.8, 4) is 0 Å². The molecule has 1 atom stereocenters. The Morgan fingerprint density at radius 1 is 1.32 bits per heavy atom. The van der Waals surface area contributed by atoms with Crippen molar-refractivity contribution in [1.29, 1.82) is 0 Å². The normalized spacial score (nSPS) is 18.3. The number of hydrogen-bond acceptors (Lipinski definition) is 4. The number of nitrogens with zero attached hydrogens (tertiary/aromatic N) is 3. The van der Waals surface area contributed by atoms with Crippen molar-refractivity contribution in [2.24, 2.45) is 7.05 Å². The van der Waals surface area contributed by atoms with Gasteiger partial charge in [0.1, 0.15) is 11.6 Å². The Morgan fingerprint density at radius 2 is 2.00 bits per heavy atom. The lowest BCUT2D eigenvalue weighted by Crippen LogP contribution is -2.31. The number of benzene rings is 1. The predicted molar refractivity (Wildman–Crippen MR) is 78.6 cm³/mol. The molecule has 2 amide bonds. The van der Waals surface area contributed by atoms with Crippen molar-refractivity contribution in [3.63, 3.8) is 0 Å². The first-order valence-corrected chi connectivity index (χ1v) is 6.82. The number of aromatic nitrogens is 2. The van der Waals surface area contributed by atoms with Crippen molar-refractivity contribution in [2.45, 2.75) is 19.3 Å². The van der Waals surface area contributed by atoms with Crippen molar-refractivity contribution in [1.82, 2.24) is 9.78 Å². The number of imide groups is 1. The topological polar surface area (TPSA) is 81.2 Å². The lowest BCUT2D eigenvalue weighted by molar-refractivity contribution is -0.121. The molecule has 7 heteroatoms. The number of amides is 2. The zero-order valence-corrected chi connectivity index (χ0v) is 12.2.